The highest BCUT2D eigenvalue weighted by Gasteiger charge is 2.14. The molecule has 3 aromatic rings. The minimum absolute atomic E-state index is 0.0580. The van der Waals surface area contributed by atoms with Crippen LogP contribution in [0.3, 0.4) is 0 Å². The maximum atomic E-state index is 13.7. The lowest BCUT2D eigenvalue weighted by Gasteiger charge is -2.03. The van der Waals surface area contributed by atoms with Crippen molar-refractivity contribution in [1.29, 1.82) is 0 Å². The van der Waals surface area contributed by atoms with E-state index in [4.69, 9.17) is 0 Å². The molecule has 1 aromatic heterocycles. The van der Waals surface area contributed by atoms with Crippen molar-refractivity contribution in [3.8, 4) is 11.3 Å². The highest BCUT2D eigenvalue weighted by atomic mass is 79.9. The SMILES string of the molecule is O=C(Nc1nc(-c2cc(F)ccc2F)cs1)c1ccccc1Br. The van der Waals surface area contributed by atoms with Crippen molar-refractivity contribution in [1.82, 2.24) is 4.98 Å². The Morgan fingerprint density at radius 3 is 2.74 bits per heavy atom. The average Bonchev–Trinajstić information content (AvgIpc) is 2.98. The molecule has 7 heteroatoms. The van der Waals surface area contributed by atoms with Crippen molar-refractivity contribution in [2.75, 3.05) is 5.32 Å². The molecule has 0 saturated carbocycles. The summed E-state index contributed by atoms with van der Waals surface area (Å²) in [6.45, 7) is 0. The zero-order chi connectivity index (χ0) is 16.4. The Morgan fingerprint density at radius 2 is 1.96 bits per heavy atom. The number of rotatable bonds is 3. The third-order valence-electron chi connectivity index (χ3n) is 3.05. The number of nitrogens with one attached hydrogen (secondary N) is 1. The summed E-state index contributed by atoms with van der Waals surface area (Å²) in [6.07, 6.45) is 0. The molecule has 0 aliphatic rings. The molecule has 0 bridgehead atoms. The van der Waals surface area contributed by atoms with Crippen molar-refractivity contribution in [3.63, 3.8) is 0 Å². The van der Waals surface area contributed by atoms with Crippen LogP contribution in [0.5, 0.6) is 0 Å². The van der Waals surface area contributed by atoms with E-state index in [1.165, 1.54) is 0 Å². The first kappa shape index (κ1) is 15.8. The van der Waals surface area contributed by atoms with Gasteiger partial charge in [-0.05, 0) is 46.3 Å². The number of carbonyl (C=O) groups is 1. The van der Waals surface area contributed by atoms with E-state index in [1.807, 2.05) is 0 Å². The van der Waals surface area contributed by atoms with E-state index in [-0.39, 0.29) is 17.2 Å². The van der Waals surface area contributed by atoms with E-state index in [0.29, 0.717) is 15.2 Å². The minimum atomic E-state index is -0.569. The van der Waals surface area contributed by atoms with Crippen LogP contribution >= 0.6 is 27.3 Å². The van der Waals surface area contributed by atoms with Crippen LogP contribution in [0.4, 0.5) is 13.9 Å². The highest BCUT2D eigenvalue weighted by Crippen LogP contribution is 2.28. The number of thiazole rings is 1. The van der Waals surface area contributed by atoms with Gasteiger partial charge in [-0.25, -0.2) is 13.8 Å². The molecule has 0 aliphatic carbocycles. The first-order chi connectivity index (χ1) is 11.0. The van der Waals surface area contributed by atoms with Crippen LogP contribution in [0, 0.1) is 11.6 Å². The lowest BCUT2D eigenvalue weighted by Crippen LogP contribution is -2.12. The quantitative estimate of drug-likeness (QED) is 0.670. The van der Waals surface area contributed by atoms with E-state index in [2.05, 4.69) is 26.2 Å². The van der Waals surface area contributed by atoms with Gasteiger partial charge in [0, 0.05) is 15.4 Å². The number of aromatic nitrogens is 1. The molecule has 3 rings (SSSR count). The van der Waals surface area contributed by atoms with Gasteiger partial charge in [0.25, 0.3) is 5.91 Å². The Bertz CT molecular complexity index is 882. The van der Waals surface area contributed by atoms with Gasteiger partial charge in [-0.3, -0.25) is 10.1 Å². The number of carbonyl (C=O) groups excluding carboxylic acids is 1. The average molecular weight is 395 g/mol. The Hall–Kier alpha value is -2.12. The first-order valence-corrected chi connectivity index (χ1v) is 8.18. The molecule has 0 radical (unpaired) electrons. The maximum absolute atomic E-state index is 13.7. The largest absolute Gasteiger partial charge is 0.298 e. The van der Waals surface area contributed by atoms with E-state index in [0.717, 1.165) is 29.5 Å². The molecule has 0 aliphatic heterocycles. The lowest BCUT2D eigenvalue weighted by atomic mass is 10.1. The van der Waals surface area contributed by atoms with Gasteiger partial charge in [-0.2, -0.15) is 0 Å². The number of nitrogens with zero attached hydrogens (tertiary/aromatic N) is 1. The molecule has 2 aromatic carbocycles. The molecule has 3 nitrogen and oxygen atoms in total. The van der Waals surface area contributed by atoms with Gasteiger partial charge in [0.15, 0.2) is 5.13 Å². The molecular formula is C16H9BrF2N2OS. The molecule has 0 spiro atoms. The van der Waals surface area contributed by atoms with Crippen LogP contribution in [-0.4, -0.2) is 10.9 Å². The molecule has 1 amide bonds. The van der Waals surface area contributed by atoms with Crippen molar-refractivity contribution < 1.29 is 13.6 Å². The summed E-state index contributed by atoms with van der Waals surface area (Å²) in [7, 11) is 0. The second-order valence-corrected chi connectivity index (χ2v) is 6.31. The number of hydrogen-bond acceptors (Lipinski definition) is 3. The molecule has 1 heterocycles. The Labute approximate surface area is 143 Å². The Kier molecular flexibility index (Phi) is 4.49. The topological polar surface area (TPSA) is 42.0 Å². The Balaban J connectivity index is 1.84. The van der Waals surface area contributed by atoms with E-state index in [9.17, 15) is 13.6 Å². The third-order valence-corrected chi connectivity index (χ3v) is 4.50. The van der Waals surface area contributed by atoms with Crippen molar-refractivity contribution in [2.24, 2.45) is 0 Å². The zero-order valence-electron chi connectivity index (χ0n) is 11.5. The molecule has 1 N–H and O–H groups in total. The lowest BCUT2D eigenvalue weighted by molar-refractivity contribution is 0.102. The molecular weight excluding hydrogens is 386 g/mol. The summed E-state index contributed by atoms with van der Waals surface area (Å²) in [5, 5.41) is 4.52. The van der Waals surface area contributed by atoms with Gasteiger partial charge in [0.1, 0.15) is 11.6 Å². The molecule has 0 saturated heterocycles. The van der Waals surface area contributed by atoms with Crippen LogP contribution in [-0.2, 0) is 0 Å². The number of benzene rings is 2. The van der Waals surface area contributed by atoms with Gasteiger partial charge in [0.2, 0.25) is 0 Å². The van der Waals surface area contributed by atoms with Crippen LogP contribution in [0.15, 0.2) is 52.3 Å². The fourth-order valence-electron chi connectivity index (χ4n) is 1.96. The number of halogens is 3. The monoisotopic (exact) mass is 394 g/mol. The predicted octanol–water partition coefficient (Wildman–Crippen LogP) is 5.10. The molecule has 0 atom stereocenters. The van der Waals surface area contributed by atoms with Crippen molar-refractivity contribution >= 4 is 38.3 Å². The molecule has 23 heavy (non-hydrogen) atoms. The van der Waals surface area contributed by atoms with Gasteiger partial charge < -0.3 is 0 Å². The molecule has 116 valence electrons. The van der Waals surface area contributed by atoms with Crippen molar-refractivity contribution in [3.05, 3.63) is 69.5 Å². The summed E-state index contributed by atoms with van der Waals surface area (Å²) in [6, 6.07) is 10.1. The number of anilines is 1. The number of hydrogen-bond donors (Lipinski definition) is 1. The van der Waals surface area contributed by atoms with Crippen LogP contribution < -0.4 is 5.32 Å². The third kappa shape index (κ3) is 3.46. The summed E-state index contributed by atoms with van der Waals surface area (Å²) in [5.74, 6) is -1.45. The van der Waals surface area contributed by atoms with E-state index < -0.39 is 11.6 Å². The summed E-state index contributed by atoms with van der Waals surface area (Å²) in [5.41, 5.74) is 0.790. The fourth-order valence-corrected chi connectivity index (χ4v) is 3.13. The smallest absolute Gasteiger partial charge is 0.258 e. The summed E-state index contributed by atoms with van der Waals surface area (Å²) >= 11 is 4.44. The van der Waals surface area contributed by atoms with Gasteiger partial charge in [0.05, 0.1) is 11.3 Å². The van der Waals surface area contributed by atoms with Crippen LogP contribution in [0.25, 0.3) is 11.3 Å². The van der Waals surface area contributed by atoms with E-state index in [1.54, 1.807) is 29.6 Å². The van der Waals surface area contributed by atoms with Crippen LogP contribution in [0.2, 0.25) is 0 Å². The van der Waals surface area contributed by atoms with Gasteiger partial charge >= 0.3 is 0 Å². The fraction of sp³-hybridized carbons (Fsp3) is 0. The van der Waals surface area contributed by atoms with Gasteiger partial charge in [-0.15, -0.1) is 11.3 Å². The highest BCUT2D eigenvalue weighted by molar-refractivity contribution is 9.10. The Morgan fingerprint density at radius 1 is 1.17 bits per heavy atom. The zero-order valence-corrected chi connectivity index (χ0v) is 13.9. The van der Waals surface area contributed by atoms with Gasteiger partial charge in [-0.1, -0.05) is 12.1 Å². The predicted molar refractivity (Wildman–Crippen MR) is 89.6 cm³/mol. The second kappa shape index (κ2) is 6.55. The normalized spacial score (nSPS) is 10.6. The maximum Gasteiger partial charge on any atom is 0.258 e. The van der Waals surface area contributed by atoms with Crippen molar-refractivity contribution in [2.45, 2.75) is 0 Å². The summed E-state index contributed by atoms with van der Waals surface area (Å²) < 4.78 is 27.7. The van der Waals surface area contributed by atoms with E-state index >= 15 is 0 Å². The standard InChI is InChI=1S/C16H9BrF2N2OS/c17-12-4-2-1-3-10(12)15(22)21-16-20-14(8-23-16)11-7-9(18)5-6-13(11)19/h1-8H,(H,20,21,22). The molecule has 0 fully saturated rings. The second-order valence-electron chi connectivity index (χ2n) is 4.60. The minimum Gasteiger partial charge on any atom is -0.298 e. The summed E-state index contributed by atoms with van der Waals surface area (Å²) in [4.78, 5) is 16.3. The number of amides is 1. The molecule has 0 unspecified atom stereocenters. The first-order valence-electron chi connectivity index (χ1n) is 6.51. The van der Waals surface area contributed by atoms with Crippen LogP contribution in [0.1, 0.15) is 10.4 Å².